The molecule has 0 atom stereocenters. The summed E-state index contributed by atoms with van der Waals surface area (Å²) in [7, 11) is 0. The fraction of sp³-hybridized carbons (Fsp3) is 0.200. The first-order chi connectivity index (χ1) is 7.41. The second kappa shape index (κ2) is 4.98. The maximum Gasteiger partial charge on any atom is 0.339 e. The number of rotatable bonds is 4. The molecule has 1 rings (SSSR count). The Hall–Kier alpha value is -1.56. The number of primary amides is 1. The van der Waals surface area contributed by atoms with Crippen LogP contribution in [-0.4, -0.2) is 23.6 Å². The first-order valence-corrected chi connectivity index (χ1v) is 5.15. The van der Waals surface area contributed by atoms with Crippen LogP contribution in [-0.2, 0) is 4.79 Å². The van der Waals surface area contributed by atoms with E-state index in [1.807, 2.05) is 0 Å². The Morgan fingerprint density at radius 1 is 1.50 bits per heavy atom. The molecule has 0 aromatic heterocycles. The van der Waals surface area contributed by atoms with Crippen LogP contribution in [0.25, 0.3) is 0 Å². The van der Waals surface area contributed by atoms with Crippen LogP contribution >= 0.6 is 15.9 Å². The molecule has 5 nitrogen and oxygen atoms in total. The molecule has 0 fully saturated rings. The normalized spacial score (nSPS) is 9.88. The van der Waals surface area contributed by atoms with Gasteiger partial charge in [-0.2, -0.15) is 0 Å². The van der Waals surface area contributed by atoms with Gasteiger partial charge in [0.15, 0.2) is 6.61 Å². The number of aryl methyl sites for hydroxylation is 1. The Morgan fingerprint density at radius 2 is 2.12 bits per heavy atom. The molecule has 86 valence electrons. The molecule has 0 spiro atoms. The van der Waals surface area contributed by atoms with E-state index in [0.29, 0.717) is 10.0 Å². The van der Waals surface area contributed by atoms with Gasteiger partial charge in [-0.15, -0.1) is 0 Å². The smallest absolute Gasteiger partial charge is 0.339 e. The van der Waals surface area contributed by atoms with E-state index in [4.69, 9.17) is 15.6 Å². The van der Waals surface area contributed by atoms with Gasteiger partial charge in [-0.3, -0.25) is 4.79 Å². The number of amides is 1. The first kappa shape index (κ1) is 12.5. The van der Waals surface area contributed by atoms with Crippen molar-refractivity contribution in [3.8, 4) is 5.75 Å². The van der Waals surface area contributed by atoms with Crippen molar-refractivity contribution in [3.05, 3.63) is 27.7 Å². The second-order valence-electron chi connectivity index (χ2n) is 3.16. The number of hydrogen-bond acceptors (Lipinski definition) is 3. The molecule has 0 radical (unpaired) electrons. The molecule has 0 aliphatic heterocycles. The minimum Gasteiger partial charge on any atom is -0.483 e. The molecule has 1 aromatic carbocycles. The van der Waals surface area contributed by atoms with E-state index in [9.17, 15) is 9.59 Å². The van der Waals surface area contributed by atoms with E-state index in [2.05, 4.69) is 15.9 Å². The summed E-state index contributed by atoms with van der Waals surface area (Å²) in [4.78, 5) is 21.5. The summed E-state index contributed by atoms with van der Waals surface area (Å²) in [6.45, 7) is 1.34. The number of carbonyl (C=O) groups is 2. The summed E-state index contributed by atoms with van der Waals surface area (Å²) in [6, 6.07) is 3.11. The molecular weight excluding hydrogens is 278 g/mol. The second-order valence-corrected chi connectivity index (χ2v) is 4.08. The van der Waals surface area contributed by atoms with E-state index < -0.39 is 11.9 Å². The summed E-state index contributed by atoms with van der Waals surface area (Å²) >= 11 is 3.18. The Morgan fingerprint density at radius 3 is 2.62 bits per heavy atom. The SMILES string of the molecule is Cc1cc(Br)cc(C(=O)O)c1OCC(N)=O. The van der Waals surface area contributed by atoms with E-state index >= 15 is 0 Å². The predicted octanol–water partition coefficient (Wildman–Crippen LogP) is 1.32. The topological polar surface area (TPSA) is 89.6 Å². The monoisotopic (exact) mass is 287 g/mol. The number of carboxylic acids is 1. The molecular formula is C10H10BrNO4. The highest BCUT2D eigenvalue weighted by atomic mass is 79.9. The number of halogens is 1. The highest BCUT2D eigenvalue weighted by Crippen LogP contribution is 2.28. The third-order valence-electron chi connectivity index (χ3n) is 1.83. The van der Waals surface area contributed by atoms with E-state index in [-0.39, 0.29) is 17.9 Å². The molecule has 16 heavy (non-hydrogen) atoms. The zero-order valence-corrected chi connectivity index (χ0v) is 10.1. The number of benzene rings is 1. The van der Waals surface area contributed by atoms with Gasteiger partial charge in [-0.05, 0) is 24.6 Å². The molecule has 0 heterocycles. The molecule has 0 saturated carbocycles. The van der Waals surface area contributed by atoms with Crippen LogP contribution in [0.2, 0.25) is 0 Å². The zero-order valence-electron chi connectivity index (χ0n) is 8.49. The standard InChI is InChI=1S/C10H10BrNO4/c1-5-2-6(11)3-7(10(14)15)9(5)16-4-8(12)13/h2-3H,4H2,1H3,(H2,12,13)(H,14,15). The summed E-state index contributed by atoms with van der Waals surface area (Å²) in [5.41, 5.74) is 5.54. The lowest BCUT2D eigenvalue weighted by Gasteiger charge is -2.11. The van der Waals surface area contributed by atoms with Crippen LogP contribution < -0.4 is 10.5 Å². The lowest BCUT2D eigenvalue weighted by atomic mass is 10.1. The molecule has 1 aromatic rings. The van der Waals surface area contributed by atoms with Crippen LogP contribution in [0.5, 0.6) is 5.75 Å². The van der Waals surface area contributed by atoms with Gasteiger partial charge in [0.05, 0.1) is 0 Å². The van der Waals surface area contributed by atoms with Crippen molar-refractivity contribution < 1.29 is 19.4 Å². The van der Waals surface area contributed by atoms with Crippen molar-refractivity contribution in [2.75, 3.05) is 6.61 Å². The average molecular weight is 288 g/mol. The van der Waals surface area contributed by atoms with Crippen molar-refractivity contribution in [3.63, 3.8) is 0 Å². The van der Waals surface area contributed by atoms with E-state index in [0.717, 1.165) is 0 Å². The van der Waals surface area contributed by atoms with E-state index in [1.54, 1.807) is 13.0 Å². The highest BCUT2D eigenvalue weighted by molar-refractivity contribution is 9.10. The van der Waals surface area contributed by atoms with Gasteiger partial charge in [0.2, 0.25) is 0 Å². The molecule has 1 amide bonds. The minimum absolute atomic E-state index is 0.00637. The fourth-order valence-corrected chi connectivity index (χ4v) is 1.80. The summed E-state index contributed by atoms with van der Waals surface area (Å²) < 4.78 is 5.70. The first-order valence-electron chi connectivity index (χ1n) is 4.36. The number of carboxylic acid groups (broad SMARTS) is 1. The van der Waals surface area contributed by atoms with Gasteiger partial charge in [0, 0.05) is 4.47 Å². The van der Waals surface area contributed by atoms with Gasteiger partial charge < -0.3 is 15.6 Å². The number of hydrogen-bond donors (Lipinski definition) is 2. The maximum atomic E-state index is 11.0. The van der Waals surface area contributed by atoms with Crippen molar-refractivity contribution in [2.24, 2.45) is 5.73 Å². The number of ether oxygens (including phenoxy) is 1. The number of carbonyl (C=O) groups excluding carboxylic acids is 1. The lowest BCUT2D eigenvalue weighted by Crippen LogP contribution is -2.21. The van der Waals surface area contributed by atoms with Gasteiger partial charge in [0.25, 0.3) is 5.91 Å². The van der Waals surface area contributed by atoms with Crippen LogP contribution in [0.3, 0.4) is 0 Å². The third-order valence-corrected chi connectivity index (χ3v) is 2.29. The number of aromatic carboxylic acids is 1. The van der Waals surface area contributed by atoms with Crippen molar-refractivity contribution >= 4 is 27.8 Å². The molecule has 0 aliphatic rings. The summed E-state index contributed by atoms with van der Waals surface area (Å²) in [6.07, 6.45) is 0. The van der Waals surface area contributed by atoms with Crippen molar-refractivity contribution in [2.45, 2.75) is 6.92 Å². The molecule has 0 aliphatic carbocycles. The Kier molecular flexibility index (Phi) is 3.89. The molecule has 0 unspecified atom stereocenters. The minimum atomic E-state index is -1.12. The van der Waals surface area contributed by atoms with Gasteiger partial charge >= 0.3 is 5.97 Å². The quantitative estimate of drug-likeness (QED) is 0.874. The lowest BCUT2D eigenvalue weighted by molar-refractivity contribution is -0.119. The van der Waals surface area contributed by atoms with Crippen LogP contribution in [0.15, 0.2) is 16.6 Å². The van der Waals surface area contributed by atoms with Crippen molar-refractivity contribution in [1.29, 1.82) is 0 Å². The maximum absolute atomic E-state index is 11.0. The van der Waals surface area contributed by atoms with Gasteiger partial charge in [-0.1, -0.05) is 15.9 Å². The van der Waals surface area contributed by atoms with Crippen molar-refractivity contribution in [1.82, 2.24) is 0 Å². The van der Waals surface area contributed by atoms with Gasteiger partial charge in [0.1, 0.15) is 11.3 Å². The molecule has 0 bridgehead atoms. The molecule has 3 N–H and O–H groups in total. The third kappa shape index (κ3) is 2.96. The Bertz CT molecular complexity index is 445. The Labute approximate surface area is 100 Å². The van der Waals surface area contributed by atoms with Crippen LogP contribution in [0.4, 0.5) is 0 Å². The van der Waals surface area contributed by atoms with Gasteiger partial charge in [-0.25, -0.2) is 4.79 Å². The highest BCUT2D eigenvalue weighted by Gasteiger charge is 2.15. The fourth-order valence-electron chi connectivity index (χ4n) is 1.22. The molecule has 0 saturated heterocycles. The summed E-state index contributed by atoms with van der Waals surface area (Å²) in [5.74, 6) is -1.61. The number of nitrogens with two attached hydrogens (primary N) is 1. The predicted molar refractivity (Wildman–Crippen MR) is 60.5 cm³/mol. The Balaban J connectivity index is 3.14. The van der Waals surface area contributed by atoms with E-state index in [1.165, 1.54) is 6.07 Å². The van der Waals surface area contributed by atoms with Crippen LogP contribution in [0.1, 0.15) is 15.9 Å². The summed E-state index contributed by atoms with van der Waals surface area (Å²) in [5, 5.41) is 8.96. The molecule has 6 heteroatoms. The van der Waals surface area contributed by atoms with Crippen LogP contribution in [0, 0.1) is 6.92 Å². The average Bonchev–Trinajstić information content (AvgIpc) is 2.14. The zero-order chi connectivity index (χ0) is 12.3. The largest absolute Gasteiger partial charge is 0.483 e.